The van der Waals surface area contributed by atoms with Gasteiger partial charge in [0.15, 0.2) is 0 Å². The maximum atomic E-state index is 12.6. The molecule has 0 heterocycles. The van der Waals surface area contributed by atoms with E-state index in [2.05, 4.69) is 25.5 Å². The zero-order valence-electron chi connectivity index (χ0n) is 20.7. The zero-order chi connectivity index (χ0) is 26.8. The average Bonchev–Trinajstić information content (AvgIpc) is 2.76. The van der Waals surface area contributed by atoms with E-state index in [1.807, 2.05) is 24.3 Å². The smallest absolute Gasteiger partial charge is 0.540 e. The van der Waals surface area contributed by atoms with Gasteiger partial charge in [0, 0.05) is 0 Å². The Hall–Kier alpha value is -3.81. The summed E-state index contributed by atoms with van der Waals surface area (Å²) in [5.74, 6) is -3.31. The summed E-state index contributed by atoms with van der Waals surface area (Å²) in [6.45, 7) is 9.76. The number of carboxylic acids is 1. The molecule has 0 fully saturated rings. The van der Waals surface area contributed by atoms with Gasteiger partial charge in [0.05, 0.1) is 12.2 Å². The molecule has 5 nitrogen and oxygen atoms in total. The highest BCUT2D eigenvalue weighted by Gasteiger charge is 2.31. The van der Waals surface area contributed by atoms with Crippen LogP contribution >= 0.6 is 0 Å². The molecule has 0 radical (unpaired) electrons. The predicted molar refractivity (Wildman–Crippen MR) is 129 cm³/mol. The summed E-state index contributed by atoms with van der Waals surface area (Å²) >= 11 is 0. The summed E-state index contributed by atoms with van der Waals surface area (Å²) in [6, 6.07) is 16.5. The molecule has 1 amide bonds. The molecule has 0 atom stereocenters. The number of anilines is 1. The molecule has 3 aromatic rings. The number of ether oxygens (including phenoxy) is 1. The molecule has 0 aliphatic rings. The number of rotatable bonds is 5. The van der Waals surface area contributed by atoms with Crippen molar-refractivity contribution in [3.05, 3.63) is 82.9 Å². The maximum absolute atomic E-state index is 12.6. The number of carbonyl (C=O) groups is 2. The van der Waals surface area contributed by atoms with Gasteiger partial charge in [-0.25, -0.2) is 0 Å². The van der Waals surface area contributed by atoms with Gasteiger partial charge < -0.3 is 19.5 Å². The van der Waals surface area contributed by atoms with Crippen LogP contribution in [0.5, 0.6) is 5.75 Å². The quantitative estimate of drug-likeness (QED) is 0.439. The number of carboxylic acid groups (broad SMARTS) is 1. The van der Waals surface area contributed by atoms with Crippen LogP contribution in [0.4, 0.5) is 18.9 Å². The molecule has 3 rings (SSSR count). The fourth-order valence-electron chi connectivity index (χ4n) is 4.05. The van der Waals surface area contributed by atoms with Gasteiger partial charge in [-0.2, -0.15) is 0 Å². The van der Waals surface area contributed by atoms with E-state index in [-0.39, 0.29) is 17.7 Å². The Morgan fingerprint density at radius 2 is 1.39 bits per heavy atom. The first-order valence-corrected chi connectivity index (χ1v) is 11.3. The Kier molecular flexibility index (Phi) is 7.48. The molecule has 0 aliphatic heterocycles. The average molecular weight is 499 g/mol. The van der Waals surface area contributed by atoms with E-state index < -0.39 is 18.2 Å². The van der Waals surface area contributed by atoms with E-state index in [4.69, 9.17) is 0 Å². The third-order valence-corrected chi connectivity index (χ3v) is 5.76. The van der Waals surface area contributed by atoms with Crippen LogP contribution < -0.4 is 14.7 Å². The van der Waals surface area contributed by atoms with Crippen molar-refractivity contribution in [2.75, 3.05) is 4.90 Å². The van der Waals surface area contributed by atoms with E-state index in [1.165, 1.54) is 29.2 Å². The molecular formula is C28H27F3NO4-. The number of halogens is 3. The first-order valence-electron chi connectivity index (χ1n) is 11.3. The van der Waals surface area contributed by atoms with E-state index in [1.54, 1.807) is 26.0 Å². The van der Waals surface area contributed by atoms with E-state index in [9.17, 15) is 27.9 Å². The summed E-state index contributed by atoms with van der Waals surface area (Å²) in [6.07, 6.45) is -4.78. The SMILES string of the molecule is Cc1cc(-c2ccc(OC(F)(F)F)cc2)cc(C)c1N(Cc1ccc(C(C)(C)C)cc1)C(=O)C(=O)[O-]. The van der Waals surface area contributed by atoms with Crippen molar-refractivity contribution in [3.63, 3.8) is 0 Å². The predicted octanol–water partition coefficient (Wildman–Crippen LogP) is 5.45. The van der Waals surface area contributed by atoms with Crippen LogP contribution in [0.1, 0.15) is 43.0 Å². The minimum Gasteiger partial charge on any atom is -0.540 e. The van der Waals surface area contributed by atoms with Crippen LogP contribution in [0.15, 0.2) is 60.7 Å². The minimum atomic E-state index is -4.78. The first kappa shape index (κ1) is 26.8. The fourth-order valence-corrected chi connectivity index (χ4v) is 4.05. The van der Waals surface area contributed by atoms with Gasteiger partial charge in [-0.3, -0.25) is 4.79 Å². The lowest BCUT2D eigenvalue weighted by molar-refractivity contribution is -0.300. The molecule has 8 heteroatoms. The van der Waals surface area contributed by atoms with Crippen LogP contribution in [0.25, 0.3) is 11.1 Å². The highest BCUT2D eigenvalue weighted by Crippen LogP contribution is 2.34. The van der Waals surface area contributed by atoms with E-state index >= 15 is 0 Å². The fraction of sp³-hybridized carbons (Fsp3) is 0.286. The molecule has 0 saturated carbocycles. The summed E-state index contributed by atoms with van der Waals surface area (Å²) in [5, 5.41) is 11.5. The first-order chi connectivity index (χ1) is 16.7. The lowest BCUT2D eigenvalue weighted by atomic mass is 9.86. The topological polar surface area (TPSA) is 69.7 Å². The monoisotopic (exact) mass is 498 g/mol. The van der Waals surface area contributed by atoms with Crippen molar-refractivity contribution in [2.24, 2.45) is 0 Å². The van der Waals surface area contributed by atoms with Crippen LogP contribution in [0.2, 0.25) is 0 Å². The number of amides is 1. The second kappa shape index (κ2) is 10.0. The molecule has 0 bridgehead atoms. The molecule has 0 N–H and O–H groups in total. The summed E-state index contributed by atoms with van der Waals surface area (Å²) in [5.41, 5.74) is 4.82. The molecule has 0 aliphatic carbocycles. The van der Waals surface area contributed by atoms with Gasteiger partial charge in [-0.1, -0.05) is 57.2 Å². The van der Waals surface area contributed by atoms with Gasteiger partial charge in [0.25, 0.3) is 5.91 Å². The third-order valence-electron chi connectivity index (χ3n) is 5.76. The van der Waals surface area contributed by atoms with Crippen LogP contribution in [0.3, 0.4) is 0 Å². The maximum Gasteiger partial charge on any atom is 0.573 e. The molecule has 3 aromatic carbocycles. The largest absolute Gasteiger partial charge is 0.573 e. The van der Waals surface area contributed by atoms with Gasteiger partial charge in [0.1, 0.15) is 11.7 Å². The molecule has 36 heavy (non-hydrogen) atoms. The number of carbonyl (C=O) groups excluding carboxylic acids is 2. The Morgan fingerprint density at radius 1 is 0.861 bits per heavy atom. The number of hydrogen-bond acceptors (Lipinski definition) is 4. The highest BCUT2D eigenvalue weighted by molar-refractivity contribution is 6.36. The number of nitrogens with zero attached hydrogens (tertiary/aromatic N) is 1. The number of benzene rings is 3. The van der Waals surface area contributed by atoms with Crippen LogP contribution in [0, 0.1) is 13.8 Å². The minimum absolute atomic E-state index is 0.0295. The number of alkyl halides is 3. The van der Waals surface area contributed by atoms with Crippen molar-refractivity contribution < 1.29 is 32.6 Å². The number of aliphatic carboxylic acids is 1. The number of aryl methyl sites for hydroxylation is 2. The van der Waals surface area contributed by atoms with Gasteiger partial charge in [-0.05, 0) is 76.9 Å². The Bertz CT molecular complexity index is 1230. The van der Waals surface area contributed by atoms with Crippen LogP contribution in [-0.4, -0.2) is 18.2 Å². The zero-order valence-corrected chi connectivity index (χ0v) is 20.7. The Morgan fingerprint density at radius 3 is 1.83 bits per heavy atom. The normalized spacial score (nSPS) is 11.8. The van der Waals surface area contributed by atoms with Gasteiger partial charge >= 0.3 is 6.36 Å². The molecule has 0 aromatic heterocycles. The van der Waals surface area contributed by atoms with Crippen molar-refractivity contribution in [3.8, 4) is 16.9 Å². The number of hydrogen-bond donors (Lipinski definition) is 0. The van der Waals surface area contributed by atoms with Crippen molar-refractivity contribution >= 4 is 17.6 Å². The van der Waals surface area contributed by atoms with Gasteiger partial charge in [0.2, 0.25) is 0 Å². The lowest BCUT2D eigenvalue weighted by Gasteiger charge is -2.28. The molecule has 0 unspecified atom stereocenters. The third kappa shape index (κ3) is 6.44. The summed E-state index contributed by atoms with van der Waals surface area (Å²) in [7, 11) is 0. The molecule has 0 saturated heterocycles. The van der Waals surface area contributed by atoms with Crippen molar-refractivity contribution in [1.29, 1.82) is 0 Å². The van der Waals surface area contributed by atoms with E-state index in [0.29, 0.717) is 27.9 Å². The highest BCUT2D eigenvalue weighted by atomic mass is 19.4. The second-order valence-electron chi connectivity index (χ2n) is 9.66. The Balaban J connectivity index is 1.96. The second-order valence-corrected chi connectivity index (χ2v) is 9.66. The lowest BCUT2D eigenvalue weighted by Crippen LogP contribution is -2.44. The Labute approximate surface area is 208 Å². The standard InChI is InChI=1S/C28H28F3NO4/c1-17-14-21(20-8-12-23(13-9-20)36-28(29,30)31)15-18(2)24(17)32(25(33)26(34)35)16-19-6-10-22(11-7-19)27(3,4)5/h6-15H,16H2,1-5H3,(H,34,35)/p-1. The molecule has 0 spiro atoms. The van der Waals surface area contributed by atoms with Crippen molar-refractivity contribution in [1.82, 2.24) is 0 Å². The molecule has 190 valence electrons. The molecular weight excluding hydrogens is 471 g/mol. The summed E-state index contributed by atoms with van der Waals surface area (Å²) < 4.78 is 41.2. The van der Waals surface area contributed by atoms with Crippen LogP contribution in [-0.2, 0) is 21.5 Å². The van der Waals surface area contributed by atoms with Crippen molar-refractivity contribution in [2.45, 2.75) is 52.9 Å². The summed E-state index contributed by atoms with van der Waals surface area (Å²) in [4.78, 5) is 25.4. The van der Waals surface area contributed by atoms with E-state index in [0.717, 1.165) is 11.1 Å². The van der Waals surface area contributed by atoms with Gasteiger partial charge in [-0.15, -0.1) is 13.2 Å².